The first-order valence-electron chi connectivity index (χ1n) is 8.28. The smallest absolute Gasteiger partial charge is 0.282 e. The molecule has 1 heterocycles. The fourth-order valence-corrected chi connectivity index (χ4v) is 3.56. The van der Waals surface area contributed by atoms with E-state index in [1.54, 1.807) is 0 Å². The maximum atomic E-state index is 13.3. The minimum absolute atomic E-state index is 0.161. The quantitative estimate of drug-likeness (QED) is 0.732. The van der Waals surface area contributed by atoms with E-state index in [2.05, 4.69) is 4.99 Å². The molecule has 3 heteroatoms. The first kappa shape index (κ1) is 15.3. The van der Waals surface area contributed by atoms with E-state index in [9.17, 15) is 4.79 Å². The Labute approximate surface area is 147 Å². The zero-order valence-corrected chi connectivity index (χ0v) is 14.0. The number of hydrogen-bond acceptors (Lipinski definition) is 2. The van der Waals surface area contributed by atoms with Crippen molar-refractivity contribution in [2.24, 2.45) is 4.99 Å². The van der Waals surface area contributed by atoms with Gasteiger partial charge in [0.2, 0.25) is 0 Å². The SMILES string of the molecule is CN1C(c2ccccc2)=NC(=O)C1(c1ccccc1)c1ccccc1. The van der Waals surface area contributed by atoms with Crippen molar-refractivity contribution >= 4 is 11.7 Å². The molecule has 0 spiro atoms. The van der Waals surface area contributed by atoms with Gasteiger partial charge >= 0.3 is 0 Å². The van der Waals surface area contributed by atoms with Gasteiger partial charge in [0, 0.05) is 12.6 Å². The van der Waals surface area contributed by atoms with Crippen molar-refractivity contribution in [2.45, 2.75) is 5.54 Å². The summed E-state index contributed by atoms with van der Waals surface area (Å²) in [6.07, 6.45) is 0. The molecule has 25 heavy (non-hydrogen) atoms. The van der Waals surface area contributed by atoms with Crippen LogP contribution < -0.4 is 0 Å². The van der Waals surface area contributed by atoms with Crippen molar-refractivity contribution in [1.29, 1.82) is 0 Å². The number of rotatable bonds is 3. The number of carbonyl (C=O) groups is 1. The number of amidine groups is 1. The van der Waals surface area contributed by atoms with Crippen LogP contribution in [-0.4, -0.2) is 23.7 Å². The van der Waals surface area contributed by atoms with E-state index in [-0.39, 0.29) is 5.91 Å². The molecular weight excluding hydrogens is 308 g/mol. The van der Waals surface area contributed by atoms with Gasteiger partial charge in [-0.3, -0.25) is 4.79 Å². The molecule has 0 aromatic heterocycles. The Bertz CT molecular complexity index is 879. The molecule has 0 radical (unpaired) electrons. The lowest BCUT2D eigenvalue weighted by Gasteiger charge is -2.37. The molecule has 3 aromatic carbocycles. The minimum Gasteiger partial charge on any atom is -0.337 e. The molecule has 0 atom stereocenters. The Hall–Kier alpha value is -3.20. The summed E-state index contributed by atoms with van der Waals surface area (Å²) in [6.45, 7) is 0. The monoisotopic (exact) mass is 326 g/mol. The van der Waals surface area contributed by atoms with Crippen LogP contribution in [0.2, 0.25) is 0 Å². The van der Waals surface area contributed by atoms with Gasteiger partial charge < -0.3 is 4.90 Å². The van der Waals surface area contributed by atoms with Gasteiger partial charge in [-0.05, 0) is 11.1 Å². The molecule has 0 bridgehead atoms. The maximum absolute atomic E-state index is 13.3. The zero-order valence-electron chi connectivity index (χ0n) is 14.0. The molecule has 3 nitrogen and oxygen atoms in total. The standard InChI is InChI=1S/C22H18N2O/c1-24-20(17-11-5-2-6-12-17)23-21(25)22(24,18-13-7-3-8-14-18)19-15-9-4-10-16-19/h2-16H,1H3. The van der Waals surface area contributed by atoms with Crippen molar-refractivity contribution in [1.82, 2.24) is 4.90 Å². The molecule has 122 valence electrons. The van der Waals surface area contributed by atoms with Crippen LogP contribution in [0.15, 0.2) is 96.0 Å². The average molecular weight is 326 g/mol. The molecule has 1 amide bonds. The summed E-state index contributed by atoms with van der Waals surface area (Å²) in [5.74, 6) is 0.532. The molecule has 1 aliphatic rings. The molecule has 4 rings (SSSR count). The number of hydrogen-bond donors (Lipinski definition) is 0. The lowest BCUT2D eigenvalue weighted by molar-refractivity contribution is -0.123. The fraction of sp³-hybridized carbons (Fsp3) is 0.0909. The Balaban J connectivity index is 1.93. The summed E-state index contributed by atoms with van der Waals surface area (Å²) >= 11 is 0. The van der Waals surface area contributed by atoms with Crippen molar-refractivity contribution in [3.63, 3.8) is 0 Å². The van der Waals surface area contributed by atoms with Gasteiger partial charge in [0.15, 0.2) is 5.54 Å². The van der Waals surface area contributed by atoms with Gasteiger partial charge in [-0.1, -0.05) is 91.0 Å². The summed E-state index contributed by atoms with van der Waals surface area (Å²) in [5, 5.41) is 0. The van der Waals surface area contributed by atoms with E-state index in [1.807, 2.05) is 103 Å². The summed E-state index contributed by atoms with van der Waals surface area (Å²) < 4.78 is 0. The highest BCUT2D eigenvalue weighted by Gasteiger charge is 2.51. The molecule has 0 unspecified atom stereocenters. The second-order valence-corrected chi connectivity index (χ2v) is 6.11. The second-order valence-electron chi connectivity index (χ2n) is 6.11. The van der Waals surface area contributed by atoms with Crippen LogP contribution in [0, 0.1) is 0 Å². The summed E-state index contributed by atoms with van der Waals surface area (Å²) in [7, 11) is 1.94. The molecule has 0 fully saturated rings. The van der Waals surface area contributed by atoms with Crippen LogP contribution in [0.4, 0.5) is 0 Å². The number of benzene rings is 3. The summed E-state index contributed by atoms with van der Waals surface area (Å²) in [5.41, 5.74) is 1.84. The van der Waals surface area contributed by atoms with Gasteiger partial charge in [0.1, 0.15) is 5.84 Å². The zero-order chi connectivity index (χ0) is 17.3. The molecule has 0 N–H and O–H groups in total. The lowest BCUT2D eigenvalue weighted by Crippen LogP contribution is -2.48. The van der Waals surface area contributed by atoms with Crippen molar-refractivity contribution in [3.05, 3.63) is 108 Å². The number of nitrogens with zero attached hydrogens (tertiary/aromatic N) is 2. The van der Waals surface area contributed by atoms with Crippen LogP contribution in [0.1, 0.15) is 16.7 Å². The van der Waals surface area contributed by atoms with Crippen molar-refractivity contribution < 1.29 is 4.79 Å². The Morgan fingerprint density at radius 1 is 0.720 bits per heavy atom. The second kappa shape index (κ2) is 6.02. The van der Waals surface area contributed by atoms with Crippen LogP contribution in [0.3, 0.4) is 0 Å². The van der Waals surface area contributed by atoms with Gasteiger partial charge in [-0.25, -0.2) is 0 Å². The van der Waals surface area contributed by atoms with E-state index < -0.39 is 5.54 Å². The summed E-state index contributed by atoms with van der Waals surface area (Å²) in [4.78, 5) is 19.7. The topological polar surface area (TPSA) is 32.7 Å². The third-order valence-electron chi connectivity index (χ3n) is 4.75. The van der Waals surface area contributed by atoms with E-state index in [0.717, 1.165) is 16.7 Å². The molecule has 0 saturated carbocycles. The van der Waals surface area contributed by atoms with E-state index in [0.29, 0.717) is 5.84 Å². The molecular formula is C22H18N2O. The third kappa shape index (κ3) is 2.28. The number of carbonyl (C=O) groups excluding carboxylic acids is 1. The first-order valence-corrected chi connectivity index (χ1v) is 8.28. The van der Waals surface area contributed by atoms with Crippen LogP contribution in [-0.2, 0) is 10.3 Å². The Morgan fingerprint density at radius 3 is 1.64 bits per heavy atom. The predicted molar refractivity (Wildman–Crippen MR) is 99.4 cm³/mol. The first-order chi connectivity index (χ1) is 12.2. The number of amides is 1. The number of aliphatic imine (C=N–C) groups is 1. The minimum atomic E-state index is -0.937. The molecule has 0 aliphatic carbocycles. The highest BCUT2D eigenvalue weighted by atomic mass is 16.2. The van der Waals surface area contributed by atoms with Gasteiger partial charge in [-0.2, -0.15) is 4.99 Å². The largest absolute Gasteiger partial charge is 0.337 e. The van der Waals surface area contributed by atoms with E-state index in [1.165, 1.54) is 0 Å². The Kier molecular flexibility index (Phi) is 3.69. The Morgan fingerprint density at radius 2 is 1.16 bits per heavy atom. The fourth-order valence-electron chi connectivity index (χ4n) is 3.56. The van der Waals surface area contributed by atoms with Crippen molar-refractivity contribution in [2.75, 3.05) is 7.05 Å². The summed E-state index contributed by atoms with van der Waals surface area (Å²) in [6, 6.07) is 29.6. The van der Waals surface area contributed by atoms with E-state index >= 15 is 0 Å². The van der Waals surface area contributed by atoms with Crippen LogP contribution in [0.25, 0.3) is 0 Å². The predicted octanol–water partition coefficient (Wildman–Crippen LogP) is 3.85. The van der Waals surface area contributed by atoms with Crippen LogP contribution >= 0.6 is 0 Å². The van der Waals surface area contributed by atoms with Crippen LogP contribution in [0.5, 0.6) is 0 Å². The van der Waals surface area contributed by atoms with Gasteiger partial charge in [0.05, 0.1) is 0 Å². The normalized spacial score (nSPS) is 16.0. The third-order valence-corrected chi connectivity index (χ3v) is 4.75. The van der Waals surface area contributed by atoms with Crippen molar-refractivity contribution in [3.8, 4) is 0 Å². The van der Waals surface area contributed by atoms with Gasteiger partial charge in [-0.15, -0.1) is 0 Å². The maximum Gasteiger partial charge on any atom is 0.282 e. The highest BCUT2D eigenvalue weighted by molar-refractivity contribution is 6.15. The molecule has 0 saturated heterocycles. The lowest BCUT2D eigenvalue weighted by atomic mass is 9.81. The van der Waals surface area contributed by atoms with E-state index in [4.69, 9.17) is 0 Å². The molecule has 3 aromatic rings. The average Bonchev–Trinajstić information content (AvgIpc) is 2.95. The number of likely N-dealkylation sites (N-methyl/N-ethyl adjacent to an activating group) is 1. The molecule has 1 aliphatic heterocycles. The van der Waals surface area contributed by atoms with Gasteiger partial charge in [0.25, 0.3) is 5.91 Å². The highest BCUT2D eigenvalue weighted by Crippen LogP contribution is 2.41.